The summed E-state index contributed by atoms with van der Waals surface area (Å²) in [7, 11) is 0. The first kappa shape index (κ1) is 13.5. The van der Waals surface area contributed by atoms with Gasteiger partial charge in [0.25, 0.3) is 0 Å². The molecule has 0 saturated heterocycles. The Morgan fingerprint density at radius 3 is 2.94 bits per heavy atom. The van der Waals surface area contributed by atoms with E-state index in [9.17, 15) is 4.79 Å². The van der Waals surface area contributed by atoms with Crippen LogP contribution in [-0.4, -0.2) is 30.7 Å². The van der Waals surface area contributed by atoms with Gasteiger partial charge in [0.1, 0.15) is 0 Å². The predicted octanol–water partition coefficient (Wildman–Crippen LogP) is 0.496. The fourth-order valence-corrected chi connectivity index (χ4v) is 2.39. The number of carbonyl (C=O) groups is 1. The number of amides is 1. The van der Waals surface area contributed by atoms with Crippen LogP contribution in [0.3, 0.4) is 0 Å². The molecule has 0 aromatic rings. The molecular weight excluding hydrogens is 204 g/mol. The lowest BCUT2D eigenvalue weighted by Gasteiger charge is -2.19. The van der Waals surface area contributed by atoms with Gasteiger partial charge >= 0.3 is 0 Å². The molecule has 1 rings (SSSR count). The van der Waals surface area contributed by atoms with Crippen LogP contribution in [0.5, 0.6) is 0 Å². The van der Waals surface area contributed by atoms with Crippen LogP contribution in [0.1, 0.15) is 32.6 Å². The van der Waals surface area contributed by atoms with E-state index in [1.807, 2.05) is 6.92 Å². The lowest BCUT2D eigenvalue weighted by molar-refractivity contribution is -0.126. The summed E-state index contributed by atoms with van der Waals surface area (Å²) < 4.78 is 0. The number of aliphatic hydroxyl groups is 1. The molecule has 1 aliphatic carbocycles. The Morgan fingerprint density at radius 1 is 1.56 bits per heavy atom. The molecule has 16 heavy (non-hydrogen) atoms. The Balaban J connectivity index is 2.29. The van der Waals surface area contributed by atoms with Gasteiger partial charge in [-0.05, 0) is 37.6 Å². The van der Waals surface area contributed by atoms with E-state index in [4.69, 9.17) is 10.8 Å². The van der Waals surface area contributed by atoms with Gasteiger partial charge < -0.3 is 16.2 Å². The second-order valence-corrected chi connectivity index (χ2v) is 4.90. The first-order valence-electron chi connectivity index (χ1n) is 6.27. The Kier molecular flexibility index (Phi) is 5.77. The number of rotatable bonds is 6. The summed E-state index contributed by atoms with van der Waals surface area (Å²) in [5.74, 6) is 0.976. The summed E-state index contributed by atoms with van der Waals surface area (Å²) in [4.78, 5) is 11.9. The van der Waals surface area contributed by atoms with Crippen LogP contribution in [0.15, 0.2) is 0 Å². The number of nitrogens with one attached hydrogen (secondary N) is 1. The smallest absolute Gasteiger partial charge is 0.223 e. The fraction of sp³-hybridized carbons (Fsp3) is 0.917. The molecule has 1 saturated carbocycles. The van der Waals surface area contributed by atoms with E-state index in [2.05, 4.69) is 5.32 Å². The molecular formula is C12H24N2O2. The Hall–Kier alpha value is -0.610. The topological polar surface area (TPSA) is 75.3 Å². The highest BCUT2D eigenvalue weighted by molar-refractivity contribution is 5.79. The van der Waals surface area contributed by atoms with Gasteiger partial charge in [-0.3, -0.25) is 4.79 Å². The summed E-state index contributed by atoms with van der Waals surface area (Å²) in [6.07, 6.45) is 3.92. The van der Waals surface area contributed by atoms with Gasteiger partial charge in [0.15, 0.2) is 0 Å². The Labute approximate surface area is 97.6 Å². The molecule has 4 nitrogen and oxygen atoms in total. The van der Waals surface area contributed by atoms with Crippen LogP contribution in [0.2, 0.25) is 0 Å². The summed E-state index contributed by atoms with van der Waals surface area (Å²) in [5, 5.41) is 11.7. The van der Waals surface area contributed by atoms with Crippen LogP contribution >= 0.6 is 0 Å². The minimum absolute atomic E-state index is 0.117. The van der Waals surface area contributed by atoms with Crippen molar-refractivity contribution in [3.05, 3.63) is 0 Å². The highest BCUT2D eigenvalue weighted by Gasteiger charge is 2.31. The maximum absolute atomic E-state index is 11.9. The van der Waals surface area contributed by atoms with Crippen molar-refractivity contribution in [2.45, 2.75) is 32.6 Å². The number of nitrogens with two attached hydrogens (primary N) is 1. The van der Waals surface area contributed by atoms with Crippen LogP contribution in [0.4, 0.5) is 0 Å². The van der Waals surface area contributed by atoms with Crippen molar-refractivity contribution in [1.29, 1.82) is 0 Å². The standard InChI is InChI=1S/C12H24N2O2/c1-9(5-6-15)8-14-12(16)11-4-2-3-10(11)7-13/h9-11,15H,2-8,13H2,1H3,(H,14,16). The molecule has 0 aromatic carbocycles. The van der Waals surface area contributed by atoms with Gasteiger partial charge in [-0.25, -0.2) is 0 Å². The van der Waals surface area contributed by atoms with Crippen molar-refractivity contribution >= 4 is 5.91 Å². The van der Waals surface area contributed by atoms with Gasteiger partial charge in [-0.15, -0.1) is 0 Å². The first-order valence-corrected chi connectivity index (χ1v) is 6.27. The Morgan fingerprint density at radius 2 is 2.31 bits per heavy atom. The minimum Gasteiger partial charge on any atom is -0.396 e. The SMILES string of the molecule is CC(CCO)CNC(=O)C1CCCC1CN. The van der Waals surface area contributed by atoms with Crippen molar-refractivity contribution in [2.24, 2.45) is 23.5 Å². The number of hydrogen-bond donors (Lipinski definition) is 3. The lowest BCUT2D eigenvalue weighted by atomic mass is 9.95. The summed E-state index contributed by atoms with van der Waals surface area (Å²) in [6.45, 7) is 3.49. The zero-order chi connectivity index (χ0) is 12.0. The van der Waals surface area contributed by atoms with E-state index in [-0.39, 0.29) is 18.4 Å². The van der Waals surface area contributed by atoms with E-state index in [0.29, 0.717) is 24.9 Å². The normalized spacial score (nSPS) is 26.7. The molecule has 3 unspecified atom stereocenters. The number of carbonyl (C=O) groups excluding carboxylic acids is 1. The second-order valence-electron chi connectivity index (χ2n) is 4.90. The predicted molar refractivity (Wildman–Crippen MR) is 63.8 cm³/mol. The van der Waals surface area contributed by atoms with Crippen molar-refractivity contribution in [3.8, 4) is 0 Å². The molecule has 0 aliphatic heterocycles. The van der Waals surface area contributed by atoms with Gasteiger partial charge in [0.05, 0.1) is 0 Å². The minimum atomic E-state index is 0.117. The van der Waals surface area contributed by atoms with Gasteiger partial charge in [-0.2, -0.15) is 0 Å². The molecule has 4 heteroatoms. The van der Waals surface area contributed by atoms with Crippen molar-refractivity contribution in [3.63, 3.8) is 0 Å². The highest BCUT2D eigenvalue weighted by atomic mass is 16.3. The zero-order valence-electron chi connectivity index (χ0n) is 10.1. The molecule has 3 atom stereocenters. The zero-order valence-corrected chi connectivity index (χ0v) is 10.1. The summed E-state index contributed by atoms with van der Waals surface area (Å²) >= 11 is 0. The molecule has 0 aromatic heterocycles. The molecule has 94 valence electrons. The van der Waals surface area contributed by atoms with E-state index < -0.39 is 0 Å². The fourth-order valence-electron chi connectivity index (χ4n) is 2.39. The lowest BCUT2D eigenvalue weighted by Crippen LogP contribution is -2.37. The summed E-state index contributed by atoms with van der Waals surface area (Å²) in [5.41, 5.74) is 5.65. The van der Waals surface area contributed by atoms with E-state index >= 15 is 0 Å². The van der Waals surface area contributed by atoms with E-state index in [1.54, 1.807) is 0 Å². The van der Waals surface area contributed by atoms with Crippen LogP contribution < -0.4 is 11.1 Å². The average molecular weight is 228 g/mol. The largest absolute Gasteiger partial charge is 0.396 e. The van der Waals surface area contributed by atoms with Crippen LogP contribution in [0.25, 0.3) is 0 Å². The maximum atomic E-state index is 11.9. The third kappa shape index (κ3) is 3.76. The van der Waals surface area contributed by atoms with Gasteiger partial charge in [-0.1, -0.05) is 13.3 Å². The molecule has 1 aliphatic rings. The molecule has 0 radical (unpaired) electrons. The third-order valence-electron chi connectivity index (χ3n) is 3.55. The van der Waals surface area contributed by atoms with Gasteiger partial charge in [0, 0.05) is 19.1 Å². The van der Waals surface area contributed by atoms with Crippen LogP contribution in [0, 0.1) is 17.8 Å². The summed E-state index contributed by atoms with van der Waals surface area (Å²) in [6, 6.07) is 0. The van der Waals surface area contributed by atoms with Crippen LogP contribution in [-0.2, 0) is 4.79 Å². The number of aliphatic hydroxyl groups excluding tert-OH is 1. The van der Waals surface area contributed by atoms with Gasteiger partial charge in [0.2, 0.25) is 5.91 Å². The molecule has 1 amide bonds. The van der Waals surface area contributed by atoms with Crippen molar-refractivity contribution < 1.29 is 9.90 Å². The monoisotopic (exact) mass is 228 g/mol. The molecule has 0 heterocycles. The number of hydrogen-bond acceptors (Lipinski definition) is 3. The average Bonchev–Trinajstić information content (AvgIpc) is 2.74. The molecule has 0 bridgehead atoms. The third-order valence-corrected chi connectivity index (χ3v) is 3.55. The Bertz CT molecular complexity index is 221. The highest BCUT2D eigenvalue weighted by Crippen LogP contribution is 2.30. The van der Waals surface area contributed by atoms with Crippen molar-refractivity contribution in [2.75, 3.05) is 19.7 Å². The molecule has 1 fully saturated rings. The van der Waals surface area contributed by atoms with Crippen molar-refractivity contribution in [1.82, 2.24) is 5.32 Å². The maximum Gasteiger partial charge on any atom is 0.223 e. The molecule has 0 spiro atoms. The quantitative estimate of drug-likeness (QED) is 0.619. The second kappa shape index (κ2) is 6.86. The first-order chi connectivity index (χ1) is 7.69. The van der Waals surface area contributed by atoms with E-state index in [1.165, 1.54) is 0 Å². The van der Waals surface area contributed by atoms with E-state index in [0.717, 1.165) is 25.7 Å². The molecule has 4 N–H and O–H groups in total.